The van der Waals surface area contributed by atoms with Gasteiger partial charge in [0.2, 0.25) is 0 Å². The first-order valence-corrected chi connectivity index (χ1v) is 13.9. The van der Waals surface area contributed by atoms with E-state index in [9.17, 15) is 14.7 Å². The molecule has 6 unspecified atom stereocenters. The summed E-state index contributed by atoms with van der Waals surface area (Å²) >= 11 is 0. The lowest BCUT2D eigenvalue weighted by molar-refractivity contribution is -0.194. The van der Waals surface area contributed by atoms with Gasteiger partial charge in [-0.1, -0.05) is 41.0 Å². The van der Waals surface area contributed by atoms with Gasteiger partial charge in [0.25, 0.3) is 0 Å². The lowest BCUT2D eigenvalue weighted by atomic mass is 9.41. The number of aliphatic hydroxyl groups is 1. The Morgan fingerprint density at radius 2 is 1.76 bits per heavy atom. The number of esters is 1. The fraction of sp³-hybridized carbons (Fsp3) is 0.931. The lowest BCUT2D eigenvalue weighted by Gasteiger charge is -2.64. The normalized spacial score (nSPS) is 46.6. The molecule has 0 aromatic heterocycles. The minimum atomic E-state index is -0.277. The van der Waals surface area contributed by atoms with Gasteiger partial charge in [0.1, 0.15) is 5.78 Å². The van der Waals surface area contributed by atoms with E-state index in [1.807, 2.05) is 13.8 Å². The van der Waals surface area contributed by atoms with Crippen LogP contribution in [0.1, 0.15) is 99.3 Å². The third kappa shape index (κ3) is 4.00. The highest BCUT2D eigenvalue weighted by atomic mass is 16.5. The van der Waals surface area contributed by atoms with Crippen LogP contribution in [0.2, 0.25) is 0 Å². The van der Waals surface area contributed by atoms with Crippen LogP contribution in [0.15, 0.2) is 0 Å². The summed E-state index contributed by atoms with van der Waals surface area (Å²) in [5.74, 6) is 3.44. The van der Waals surface area contributed by atoms with E-state index < -0.39 is 0 Å². The Balaban J connectivity index is 1.57. The number of hydrogen-bond acceptors (Lipinski definition) is 4. The van der Waals surface area contributed by atoms with Gasteiger partial charge in [-0.25, -0.2) is 0 Å². The third-order valence-electron chi connectivity index (χ3n) is 11.4. The average molecular weight is 461 g/mol. The molecule has 188 valence electrons. The number of fused-ring (bicyclic) bond motifs is 5. The monoisotopic (exact) mass is 460 g/mol. The highest BCUT2D eigenvalue weighted by Gasteiger charge is 2.64. The van der Waals surface area contributed by atoms with Crippen LogP contribution in [-0.4, -0.2) is 29.6 Å². The highest BCUT2D eigenvalue weighted by molar-refractivity contribution is 5.79. The third-order valence-corrected chi connectivity index (χ3v) is 11.4. The van der Waals surface area contributed by atoms with Crippen LogP contribution < -0.4 is 0 Å². The van der Waals surface area contributed by atoms with Gasteiger partial charge in [-0.3, -0.25) is 9.59 Å². The second-order valence-corrected chi connectivity index (χ2v) is 12.8. The first-order valence-electron chi connectivity index (χ1n) is 13.9. The number of carbonyl (C=O) groups is 2. The van der Waals surface area contributed by atoms with E-state index >= 15 is 0 Å². The first-order chi connectivity index (χ1) is 15.6. The van der Waals surface area contributed by atoms with Crippen LogP contribution in [-0.2, 0) is 14.3 Å². The molecule has 4 rings (SSSR count). The Labute approximate surface area is 201 Å². The van der Waals surface area contributed by atoms with Crippen LogP contribution in [0.4, 0.5) is 0 Å². The Morgan fingerprint density at radius 1 is 1.06 bits per heavy atom. The molecular formula is C29H48O4. The quantitative estimate of drug-likeness (QED) is 0.490. The molecule has 0 spiro atoms. The van der Waals surface area contributed by atoms with E-state index in [1.54, 1.807) is 0 Å². The summed E-state index contributed by atoms with van der Waals surface area (Å²) in [6.45, 7) is 13.9. The molecule has 1 N–H and O–H groups in total. The van der Waals surface area contributed by atoms with Gasteiger partial charge >= 0.3 is 5.97 Å². The Hall–Kier alpha value is -0.900. The Bertz CT molecular complexity index is 748. The molecule has 0 aromatic carbocycles. The fourth-order valence-electron chi connectivity index (χ4n) is 9.84. The number of ether oxygens (including phenoxy) is 1. The maximum atomic E-state index is 12.4. The van der Waals surface area contributed by atoms with Crippen LogP contribution in [0.5, 0.6) is 0 Å². The summed E-state index contributed by atoms with van der Waals surface area (Å²) in [5, 5.41) is 11.8. The molecule has 0 heterocycles. The summed E-state index contributed by atoms with van der Waals surface area (Å²) in [6.07, 6.45) is 8.84. The van der Waals surface area contributed by atoms with Crippen molar-refractivity contribution < 1.29 is 19.4 Å². The predicted molar refractivity (Wildman–Crippen MR) is 130 cm³/mol. The summed E-state index contributed by atoms with van der Waals surface area (Å²) in [6, 6.07) is 0. The van der Waals surface area contributed by atoms with Crippen LogP contribution in [0, 0.1) is 58.2 Å². The van der Waals surface area contributed by atoms with Gasteiger partial charge < -0.3 is 9.84 Å². The Kier molecular flexibility index (Phi) is 7.09. The largest absolute Gasteiger partial charge is 0.466 e. The van der Waals surface area contributed by atoms with Gasteiger partial charge in [0.15, 0.2) is 0 Å². The molecule has 0 radical (unpaired) electrons. The van der Waals surface area contributed by atoms with Crippen LogP contribution >= 0.6 is 0 Å². The molecule has 0 aliphatic heterocycles. The molecule has 4 nitrogen and oxygen atoms in total. The fourth-order valence-corrected chi connectivity index (χ4v) is 9.84. The van der Waals surface area contributed by atoms with Gasteiger partial charge in [-0.15, -0.1) is 0 Å². The molecule has 33 heavy (non-hydrogen) atoms. The number of rotatable bonds is 6. The zero-order valence-corrected chi connectivity index (χ0v) is 21.9. The van der Waals surface area contributed by atoms with Crippen molar-refractivity contribution >= 4 is 11.8 Å². The number of aliphatic hydroxyl groups excluding tert-OH is 1. The zero-order valence-electron chi connectivity index (χ0n) is 21.9. The first kappa shape index (κ1) is 25.2. The number of Topliss-reactive ketones (excluding diaryl/α,β-unsaturated/α-hetero) is 1. The maximum absolute atomic E-state index is 12.4. The van der Waals surface area contributed by atoms with Crippen molar-refractivity contribution in [1.82, 2.24) is 0 Å². The molecule has 4 heteroatoms. The van der Waals surface area contributed by atoms with Crippen LogP contribution in [0.25, 0.3) is 0 Å². The van der Waals surface area contributed by atoms with E-state index in [0.29, 0.717) is 54.3 Å². The van der Waals surface area contributed by atoms with Gasteiger partial charge in [-0.2, -0.15) is 0 Å². The standard InChI is InChI=1S/C29H48O4/c1-7-20-24-16-19(30)11-13-29(24,6)23-12-14-28(5)21(9-10-22(28)25(23)26(20)31)17(3)15-18(4)27(32)33-8-2/h17-18,20-26,31H,7-16H2,1-6H3/t17-,18?,20-,21?,22?,23?,24+,25?,26?,28-,29-/m1/s1. The molecule has 0 bridgehead atoms. The van der Waals surface area contributed by atoms with Gasteiger partial charge in [0, 0.05) is 12.8 Å². The van der Waals surface area contributed by atoms with Gasteiger partial charge in [0.05, 0.1) is 18.6 Å². The molecular weight excluding hydrogens is 412 g/mol. The van der Waals surface area contributed by atoms with E-state index in [-0.39, 0.29) is 34.7 Å². The molecule has 4 aliphatic rings. The van der Waals surface area contributed by atoms with E-state index in [2.05, 4.69) is 27.7 Å². The Morgan fingerprint density at radius 3 is 2.42 bits per heavy atom. The zero-order chi connectivity index (χ0) is 24.1. The SMILES string of the molecule is CCOC(=O)C(C)C[C@@H](C)C1CCC2C3C(O)[C@H](CC)[C@@H]4CC(=O)CC[C@]4(C)C3CC[C@@]21C. The number of carbonyl (C=O) groups excluding carboxylic acids is 2. The molecule has 4 fully saturated rings. The van der Waals surface area contributed by atoms with Gasteiger partial charge in [-0.05, 0) is 97.7 Å². The van der Waals surface area contributed by atoms with Crippen molar-refractivity contribution in [3.05, 3.63) is 0 Å². The van der Waals surface area contributed by atoms with E-state index in [1.165, 1.54) is 25.7 Å². The molecule has 0 amide bonds. The average Bonchev–Trinajstić information content (AvgIpc) is 3.12. The van der Waals surface area contributed by atoms with Crippen molar-refractivity contribution in [1.29, 1.82) is 0 Å². The molecule has 0 aromatic rings. The van der Waals surface area contributed by atoms with Crippen molar-refractivity contribution in [3.8, 4) is 0 Å². The molecule has 0 saturated heterocycles. The van der Waals surface area contributed by atoms with Crippen LogP contribution in [0.3, 0.4) is 0 Å². The second kappa shape index (κ2) is 9.28. The van der Waals surface area contributed by atoms with Crippen molar-refractivity contribution in [2.75, 3.05) is 6.61 Å². The van der Waals surface area contributed by atoms with E-state index in [0.717, 1.165) is 25.7 Å². The highest BCUT2D eigenvalue weighted by Crippen LogP contribution is 2.69. The summed E-state index contributed by atoms with van der Waals surface area (Å²) in [4.78, 5) is 24.7. The molecule has 11 atom stereocenters. The topological polar surface area (TPSA) is 63.6 Å². The van der Waals surface area contributed by atoms with Crippen molar-refractivity contribution in [2.24, 2.45) is 58.2 Å². The maximum Gasteiger partial charge on any atom is 0.308 e. The molecule has 4 aliphatic carbocycles. The number of hydrogen-bond donors (Lipinski definition) is 1. The lowest BCUT2D eigenvalue weighted by Crippen LogP contribution is -2.61. The molecule has 4 saturated carbocycles. The second-order valence-electron chi connectivity index (χ2n) is 12.8. The summed E-state index contributed by atoms with van der Waals surface area (Å²) in [7, 11) is 0. The van der Waals surface area contributed by atoms with Crippen molar-refractivity contribution in [3.63, 3.8) is 0 Å². The smallest absolute Gasteiger partial charge is 0.308 e. The minimum Gasteiger partial charge on any atom is -0.466 e. The summed E-state index contributed by atoms with van der Waals surface area (Å²) < 4.78 is 5.28. The predicted octanol–water partition coefficient (Wildman–Crippen LogP) is 6.05. The number of ketones is 1. The van der Waals surface area contributed by atoms with E-state index in [4.69, 9.17) is 4.74 Å². The minimum absolute atomic E-state index is 0.0527. The summed E-state index contributed by atoms with van der Waals surface area (Å²) in [5.41, 5.74) is 0.434. The van der Waals surface area contributed by atoms with Crippen molar-refractivity contribution in [2.45, 2.75) is 105 Å².